The highest BCUT2D eigenvalue weighted by atomic mass is 35.5. The van der Waals surface area contributed by atoms with Crippen molar-refractivity contribution in [3.8, 4) is 11.4 Å². The van der Waals surface area contributed by atoms with Crippen LogP contribution in [-0.2, 0) is 4.79 Å². The third-order valence-corrected chi connectivity index (χ3v) is 4.96. The van der Waals surface area contributed by atoms with Crippen molar-refractivity contribution in [3.63, 3.8) is 0 Å². The second-order valence-electron chi connectivity index (χ2n) is 5.84. The van der Waals surface area contributed by atoms with Crippen LogP contribution in [0.3, 0.4) is 0 Å². The van der Waals surface area contributed by atoms with Crippen LogP contribution in [0.1, 0.15) is 11.1 Å². The summed E-state index contributed by atoms with van der Waals surface area (Å²) in [6.07, 6.45) is 0. The molecule has 3 aromatic rings. The summed E-state index contributed by atoms with van der Waals surface area (Å²) in [7, 11) is 0. The van der Waals surface area contributed by atoms with E-state index in [2.05, 4.69) is 15.5 Å². The minimum absolute atomic E-state index is 0.162. The lowest BCUT2D eigenvalue weighted by Crippen LogP contribution is -2.17. The molecule has 0 aliphatic rings. The molecule has 1 amide bonds. The van der Waals surface area contributed by atoms with Crippen molar-refractivity contribution >= 4 is 35.0 Å². The van der Waals surface area contributed by atoms with Crippen LogP contribution in [0.4, 0.5) is 5.69 Å². The van der Waals surface area contributed by atoms with E-state index < -0.39 is 0 Å². The van der Waals surface area contributed by atoms with Crippen LogP contribution in [0, 0.1) is 13.8 Å². The fourth-order valence-corrected chi connectivity index (χ4v) is 3.15. The van der Waals surface area contributed by atoms with Crippen molar-refractivity contribution in [2.75, 3.05) is 16.9 Å². The molecule has 0 aliphatic heterocycles. The number of thioether (sulfide) groups is 1. The van der Waals surface area contributed by atoms with Gasteiger partial charge < -0.3 is 11.2 Å². The van der Waals surface area contributed by atoms with E-state index in [-0.39, 0.29) is 11.7 Å². The Morgan fingerprint density at radius 1 is 1.19 bits per heavy atom. The van der Waals surface area contributed by atoms with E-state index >= 15 is 0 Å². The molecular formula is C18H18ClN5OS. The van der Waals surface area contributed by atoms with Gasteiger partial charge in [0.25, 0.3) is 0 Å². The van der Waals surface area contributed by atoms with Crippen molar-refractivity contribution in [2.45, 2.75) is 19.0 Å². The monoisotopic (exact) mass is 387 g/mol. The summed E-state index contributed by atoms with van der Waals surface area (Å²) in [5.74, 6) is 6.63. The first kappa shape index (κ1) is 18.3. The van der Waals surface area contributed by atoms with Crippen LogP contribution in [-0.4, -0.2) is 26.5 Å². The quantitative estimate of drug-likeness (QED) is 0.515. The standard InChI is InChI=1S/C18H18ClN5OS/c1-11-3-6-13(7-4-11)17-22-23-18(24(17)20)26-10-16(25)21-15-9-14(19)8-5-12(15)2/h3-9H,10,20H2,1-2H3,(H,21,25). The highest BCUT2D eigenvalue weighted by Gasteiger charge is 2.14. The number of carbonyl (C=O) groups excluding carboxylic acids is 1. The van der Waals surface area contributed by atoms with Gasteiger partial charge in [-0.1, -0.05) is 59.3 Å². The van der Waals surface area contributed by atoms with Gasteiger partial charge in [-0.3, -0.25) is 4.79 Å². The molecule has 3 N–H and O–H groups in total. The van der Waals surface area contributed by atoms with E-state index in [1.807, 2.05) is 44.2 Å². The Labute approximate surface area is 160 Å². The number of anilines is 1. The molecule has 0 radical (unpaired) electrons. The van der Waals surface area contributed by atoms with Gasteiger partial charge in [-0.05, 0) is 31.5 Å². The third-order valence-electron chi connectivity index (χ3n) is 3.78. The Balaban J connectivity index is 1.65. The summed E-state index contributed by atoms with van der Waals surface area (Å²) in [4.78, 5) is 12.2. The molecule has 6 nitrogen and oxygen atoms in total. The van der Waals surface area contributed by atoms with E-state index in [1.165, 1.54) is 16.4 Å². The minimum atomic E-state index is -0.166. The SMILES string of the molecule is Cc1ccc(-c2nnc(SCC(=O)Nc3cc(Cl)ccc3C)n2N)cc1. The summed E-state index contributed by atoms with van der Waals surface area (Å²) in [6.45, 7) is 3.92. The van der Waals surface area contributed by atoms with Gasteiger partial charge in [0.05, 0.1) is 5.75 Å². The lowest BCUT2D eigenvalue weighted by Gasteiger charge is -2.08. The van der Waals surface area contributed by atoms with E-state index in [4.69, 9.17) is 17.4 Å². The Bertz CT molecular complexity index is 939. The number of rotatable bonds is 5. The molecule has 0 aliphatic carbocycles. The maximum atomic E-state index is 12.2. The molecule has 3 rings (SSSR count). The molecule has 0 bridgehead atoms. The average Bonchev–Trinajstić information content (AvgIpc) is 2.98. The Morgan fingerprint density at radius 2 is 1.92 bits per heavy atom. The van der Waals surface area contributed by atoms with Gasteiger partial charge in [0.2, 0.25) is 11.1 Å². The first-order chi connectivity index (χ1) is 12.4. The number of nitrogens with zero attached hydrogens (tertiary/aromatic N) is 3. The number of hydrogen-bond donors (Lipinski definition) is 2. The van der Waals surface area contributed by atoms with Crippen LogP contribution in [0.25, 0.3) is 11.4 Å². The number of aryl methyl sites for hydroxylation is 2. The lowest BCUT2D eigenvalue weighted by atomic mass is 10.1. The largest absolute Gasteiger partial charge is 0.335 e. The van der Waals surface area contributed by atoms with Crippen LogP contribution >= 0.6 is 23.4 Å². The highest BCUT2D eigenvalue weighted by Crippen LogP contribution is 2.23. The summed E-state index contributed by atoms with van der Waals surface area (Å²) in [5, 5.41) is 12.1. The fourth-order valence-electron chi connectivity index (χ4n) is 2.32. The Morgan fingerprint density at radius 3 is 2.65 bits per heavy atom. The van der Waals surface area contributed by atoms with Gasteiger partial charge in [-0.15, -0.1) is 10.2 Å². The number of carbonyl (C=O) groups is 1. The molecule has 0 atom stereocenters. The maximum absolute atomic E-state index is 12.2. The zero-order chi connectivity index (χ0) is 18.7. The first-order valence-corrected chi connectivity index (χ1v) is 9.27. The van der Waals surface area contributed by atoms with E-state index in [0.29, 0.717) is 21.7 Å². The van der Waals surface area contributed by atoms with Crippen molar-refractivity contribution in [2.24, 2.45) is 0 Å². The predicted octanol–water partition coefficient (Wildman–Crippen LogP) is 3.66. The van der Waals surface area contributed by atoms with Gasteiger partial charge in [0.15, 0.2) is 5.82 Å². The predicted molar refractivity (Wildman–Crippen MR) is 106 cm³/mol. The van der Waals surface area contributed by atoms with Gasteiger partial charge in [-0.2, -0.15) is 0 Å². The van der Waals surface area contributed by atoms with Gasteiger partial charge in [-0.25, -0.2) is 4.68 Å². The number of hydrogen-bond acceptors (Lipinski definition) is 5. The summed E-state index contributed by atoms with van der Waals surface area (Å²) >= 11 is 7.19. The third kappa shape index (κ3) is 4.17. The number of benzene rings is 2. The molecule has 1 heterocycles. The minimum Gasteiger partial charge on any atom is -0.335 e. The van der Waals surface area contributed by atoms with Crippen LogP contribution in [0.2, 0.25) is 5.02 Å². The average molecular weight is 388 g/mol. The molecular weight excluding hydrogens is 370 g/mol. The normalized spacial score (nSPS) is 10.7. The van der Waals surface area contributed by atoms with Crippen LogP contribution < -0.4 is 11.2 Å². The number of aromatic nitrogens is 3. The van der Waals surface area contributed by atoms with Gasteiger partial charge >= 0.3 is 0 Å². The maximum Gasteiger partial charge on any atom is 0.234 e. The van der Waals surface area contributed by atoms with Crippen molar-refractivity contribution < 1.29 is 4.79 Å². The smallest absolute Gasteiger partial charge is 0.234 e. The molecule has 0 saturated carbocycles. The zero-order valence-electron chi connectivity index (χ0n) is 14.4. The lowest BCUT2D eigenvalue weighted by molar-refractivity contribution is -0.113. The van der Waals surface area contributed by atoms with E-state index in [1.54, 1.807) is 12.1 Å². The van der Waals surface area contributed by atoms with Crippen molar-refractivity contribution in [1.82, 2.24) is 14.9 Å². The first-order valence-electron chi connectivity index (χ1n) is 7.90. The molecule has 2 aromatic carbocycles. The molecule has 0 fully saturated rings. The molecule has 26 heavy (non-hydrogen) atoms. The zero-order valence-corrected chi connectivity index (χ0v) is 15.9. The highest BCUT2D eigenvalue weighted by molar-refractivity contribution is 7.99. The van der Waals surface area contributed by atoms with Crippen LogP contribution in [0.5, 0.6) is 0 Å². The topological polar surface area (TPSA) is 85.8 Å². The van der Waals surface area contributed by atoms with Crippen molar-refractivity contribution in [1.29, 1.82) is 0 Å². The second-order valence-corrected chi connectivity index (χ2v) is 7.22. The molecule has 8 heteroatoms. The Kier molecular flexibility index (Phi) is 5.49. The van der Waals surface area contributed by atoms with E-state index in [0.717, 1.165) is 16.7 Å². The second kappa shape index (κ2) is 7.80. The molecule has 0 unspecified atom stereocenters. The number of nitrogens with one attached hydrogen (secondary N) is 1. The number of amides is 1. The summed E-state index contributed by atoms with van der Waals surface area (Å²) in [5.41, 5.74) is 3.66. The van der Waals surface area contributed by atoms with Gasteiger partial charge in [0, 0.05) is 16.3 Å². The molecule has 134 valence electrons. The number of nitrogens with two attached hydrogens (primary N) is 1. The van der Waals surface area contributed by atoms with E-state index in [9.17, 15) is 4.79 Å². The number of halogens is 1. The Hall–Kier alpha value is -2.51. The molecule has 1 aromatic heterocycles. The molecule has 0 spiro atoms. The molecule has 0 saturated heterocycles. The summed E-state index contributed by atoms with van der Waals surface area (Å²) in [6, 6.07) is 13.2. The van der Waals surface area contributed by atoms with Gasteiger partial charge in [0.1, 0.15) is 0 Å². The summed E-state index contributed by atoms with van der Waals surface area (Å²) < 4.78 is 1.40. The fraction of sp³-hybridized carbons (Fsp3) is 0.167. The van der Waals surface area contributed by atoms with Crippen molar-refractivity contribution in [3.05, 3.63) is 58.6 Å². The number of nitrogen functional groups attached to an aromatic ring is 1. The van der Waals surface area contributed by atoms with Crippen LogP contribution in [0.15, 0.2) is 47.6 Å².